The number of piperidine rings is 1. The first-order chi connectivity index (χ1) is 13.6. The SMILES string of the molecule is CC[C@@H]1CN2CC[C@]3(C(=O)Nc4ccccc43)[C@@H]2C[C@H]1/C(=C/OC)C(=O)OC. The summed E-state index contributed by atoms with van der Waals surface area (Å²) in [5.41, 5.74) is 2.05. The average Bonchev–Trinajstić information content (AvgIpc) is 3.23. The number of hydrogen-bond donors (Lipinski definition) is 1. The van der Waals surface area contributed by atoms with E-state index in [1.165, 1.54) is 13.4 Å². The molecule has 4 atom stereocenters. The Bertz CT molecular complexity index is 821. The molecule has 4 rings (SSSR count). The maximum absolute atomic E-state index is 13.2. The number of carbonyl (C=O) groups is 2. The van der Waals surface area contributed by atoms with Crippen LogP contribution in [0, 0.1) is 11.8 Å². The number of nitrogens with one attached hydrogen (secondary N) is 1. The minimum Gasteiger partial charge on any atom is -0.504 e. The molecule has 0 aromatic heterocycles. The van der Waals surface area contributed by atoms with Gasteiger partial charge in [-0.1, -0.05) is 31.5 Å². The quantitative estimate of drug-likeness (QED) is 0.491. The van der Waals surface area contributed by atoms with Gasteiger partial charge in [0, 0.05) is 18.3 Å². The monoisotopic (exact) mass is 384 g/mol. The minimum absolute atomic E-state index is 0.00851. The van der Waals surface area contributed by atoms with E-state index in [4.69, 9.17) is 9.47 Å². The summed E-state index contributed by atoms with van der Waals surface area (Å²) in [5.74, 6) is 0.0769. The fourth-order valence-electron chi connectivity index (χ4n) is 5.63. The van der Waals surface area contributed by atoms with Gasteiger partial charge in [0.15, 0.2) is 0 Å². The van der Waals surface area contributed by atoms with Crippen LogP contribution in [0.1, 0.15) is 31.7 Å². The molecular formula is C22H28N2O4. The van der Waals surface area contributed by atoms with E-state index < -0.39 is 5.41 Å². The molecule has 1 aromatic carbocycles. The molecule has 2 fully saturated rings. The van der Waals surface area contributed by atoms with Crippen molar-refractivity contribution in [2.75, 3.05) is 32.6 Å². The molecule has 0 bridgehead atoms. The molecule has 1 spiro atoms. The Morgan fingerprint density at radius 1 is 1.36 bits per heavy atom. The Hall–Kier alpha value is -2.34. The number of para-hydroxylation sites is 1. The molecule has 0 aliphatic carbocycles. The number of rotatable bonds is 4. The highest BCUT2D eigenvalue weighted by molar-refractivity contribution is 6.07. The van der Waals surface area contributed by atoms with Gasteiger partial charge < -0.3 is 14.8 Å². The molecule has 1 N–H and O–H groups in total. The number of esters is 1. The fourth-order valence-corrected chi connectivity index (χ4v) is 5.63. The van der Waals surface area contributed by atoms with Gasteiger partial charge in [0.05, 0.1) is 31.5 Å². The normalized spacial score (nSPS) is 32.0. The average molecular weight is 384 g/mol. The molecule has 6 nitrogen and oxygen atoms in total. The first-order valence-electron chi connectivity index (χ1n) is 10.0. The zero-order valence-electron chi connectivity index (χ0n) is 16.7. The summed E-state index contributed by atoms with van der Waals surface area (Å²) in [7, 11) is 2.95. The first kappa shape index (κ1) is 19.0. The largest absolute Gasteiger partial charge is 0.504 e. The molecule has 150 valence electrons. The van der Waals surface area contributed by atoms with Crippen LogP contribution >= 0.6 is 0 Å². The number of anilines is 1. The number of amides is 1. The van der Waals surface area contributed by atoms with Gasteiger partial charge in [-0.05, 0) is 42.9 Å². The molecular weight excluding hydrogens is 356 g/mol. The highest BCUT2D eigenvalue weighted by Gasteiger charge is 2.60. The van der Waals surface area contributed by atoms with Gasteiger partial charge in [-0.2, -0.15) is 0 Å². The minimum atomic E-state index is -0.540. The third-order valence-electron chi connectivity index (χ3n) is 6.97. The van der Waals surface area contributed by atoms with E-state index in [1.807, 2.05) is 18.2 Å². The van der Waals surface area contributed by atoms with Gasteiger partial charge >= 0.3 is 5.97 Å². The van der Waals surface area contributed by atoms with Gasteiger partial charge in [-0.15, -0.1) is 0 Å². The van der Waals surface area contributed by atoms with Gasteiger partial charge in [0.1, 0.15) is 0 Å². The van der Waals surface area contributed by atoms with E-state index in [0.29, 0.717) is 11.5 Å². The summed E-state index contributed by atoms with van der Waals surface area (Å²) in [4.78, 5) is 28.1. The second kappa shape index (κ2) is 7.24. The van der Waals surface area contributed by atoms with Crippen LogP contribution in [0.25, 0.3) is 0 Å². The molecule has 6 heteroatoms. The Kier molecular flexibility index (Phi) is 4.91. The van der Waals surface area contributed by atoms with E-state index in [1.54, 1.807) is 7.11 Å². The zero-order chi connectivity index (χ0) is 19.9. The number of carbonyl (C=O) groups excluding carboxylic acids is 2. The maximum Gasteiger partial charge on any atom is 0.337 e. The Balaban J connectivity index is 1.74. The Morgan fingerprint density at radius 3 is 2.86 bits per heavy atom. The molecule has 0 saturated carbocycles. The van der Waals surface area contributed by atoms with Crippen molar-refractivity contribution in [1.82, 2.24) is 4.90 Å². The number of nitrogens with zero attached hydrogens (tertiary/aromatic N) is 1. The molecule has 2 saturated heterocycles. The summed E-state index contributed by atoms with van der Waals surface area (Å²) >= 11 is 0. The lowest BCUT2D eigenvalue weighted by molar-refractivity contribution is -0.137. The van der Waals surface area contributed by atoms with E-state index in [9.17, 15) is 9.59 Å². The van der Waals surface area contributed by atoms with Crippen molar-refractivity contribution in [3.8, 4) is 0 Å². The standard InChI is InChI=1S/C22H28N2O4/c1-4-14-12-24-10-9-22(17-7-5-6-8-18(17)23-21(22)26)19(24)11-15(14)16(13-27-2)20(25)28-3/h5-8,13-15,19H,4,9-12H2,1-3H3,(H,23,26)/b16-13-/t14-,15-,19+,22-/m1/s1. The molecule has 0 radical (unpaired) electrons. The zero-order valence-corrected chi connectivity index (χ0v) is 16.7. The number of methoxy groups -OCH3 is 2. The van der Waals surface area contributed by atoms with Gasteiger partial charge in [-0.25, -0.2) is 4.79 Å². The third kappa shape index (κ3) is 2.65. The first-order valence-corrected chi connectivity index (χ1v) is 10.0. The van der Waals surface area contributed by atoms with Crippen molar-refractivity contribution in [2.45, 2.75) is 37.6 Å². The number of benzene rings is 1. The van der Waals surface area contributed by atoms with Crippen LogP contribution < -0.4 is 5.32 Å². The lowest BCUT2D eigenvalue weighted by atomic mass is 9.67. The summed E-state index contributed by atoms with van der Waals surface area (Å²) in [6.45, 7) is 3.93. The Morgan fingerprint density at radius 2 is 2.14 bits per heavy atom. The van der Waals surface area contributed by atoms with Gasteiger partial charge in [0.25, 0.3) is 0 Å². The summed E-state index contributed by atoms with van der Waals surface area (Å²) < 4.78 is 10.3. The van der Waals surface area contributed by atoms with Gasteiger partial charge in [-0.3, -0.25) is 9.69 Å². The summed E-state index contributed by atoms with van der Waals surface area (Å²) in [6.07, 6.45) is 4.04. The van der Waals surface area contributed by atoms with Crippen molar-refractivity contribution in [3.63, 3.8) is 0 Å². The number of ether oxygens (including phenoxy) is 2. The predicted octanol–water partition coefficient (Wildman–Crippen LogP) is 2.70. The van der Waals surface area contributed by atoms with E-state index in [2.05, 4.69) is 23.2 Å². The number of fused-ring (bicyclic) bond motifs is 4. The van der Waals surface area contributed by atoms with Crippen LogP contribution in [-0.2, 0) is 24.5 Å². The second-order valence-corrected chi connectivity index (χ2v) is 8.04. The van der Waals surface area contributed by atoms with Crippen molar-refractivity contribution < 1.29 is 19.1 Å². The van der Waals surface area contributed by atoms with E-state index in [-0.39, 0.29) is 23.8 Å². The smallest absolute Gasteiger partial charge is 0.337 e. The van der Waals surface area contributed by atoms with E-state index >= 15 is 0 Å². The van der Waals surface area contributed by atoms with Crippen LogP contribution in [-0.4, -0.2) is 50.1 Å². The van der Waals surface area contributed by atoms with Crippen LogP contribution in [0.4, 0.5) is 5.69 Å². The molecule has 0 unspecified atom stereocenters. The van der Waals surface area contributed by atoms with Crippen molar-refractivity contribution in [3.05, 3.63) is 41.7 Å². The molecule has 28 heavy (non-hydrogen) atoms. The highest BCUT2D eigenvalue weighted by atomic mass is 16.5. The molecule has 3 heterocycles. The summed E-state index contributed by atoms with van der Waals surface area (Å²) in [5, 5.41) is 3.10. The molecule has 3 aliphatic rings. The Labute approximate surface area is 165 Å². The third-order valence-corrected chi connectivity index (χ3v) is 6.97. The predicted molar refractivity (Wildman–Crippen MR) is 106 cm³/mol. The fraction of sp³-hybridized carbons (Fsp3) is 0.545. The van der Waals surface area contributed by atoms with Crippen molar-refractivity contribution >= 4 is 17.6 Å². The van der Waals surface area contributed by atoms with E-state index in [0.717, 1.165) is 43.6 Å². The van der Waals surface area contributed by atoms with Crippen LogP contribution in [0.2, 0.25) is 0 Å². The molecule has 1 amide bonds. The van der Waals surface area contributed by atoms with Crippen molar-refractivity contribution in [1.29, 1.82) is 0 Å². The highest BCUT2D eigenvalue weighted by Crippen LogP contribution is 2.53. The van der Waals surface area contributed by atoms with Crippen LogP contribution in [0.15, 0.2) is 36.1 Å². The molecule has 1 aromatic rings. The number of hydrogen-bond acceptors (Lipinski definition) is 5. The lowest BCUT2D eigenvalue weighted by Crippen LogP contribution is -2.53. The van der Waals surface area contributed by atoms with Crippen LogP contribution in [0.5, 0.6) is 0 Å². The van der Waals surface area contributed by atoms with Crippen LogP contribution in [0.3, 0.4) is 0 Å². The maximum atomic E-state index is 13.2. The molecule has 3 aliphatic heterocycles. The summed E-state index contributed by atoms with van der Waals surface area (Å²) in [6, 6.07) is 8.07. The van der Waals surface area contributed by atoms with Gasteiger partial charge in [0.2, 0.25) is 5.91 Å². The second-order valence-electron chi connectivity index (χ2n) is 8.04. The topological polar surface area (TPSA) is 67.9 Å². The lowest BCUT2D eigenvalue weighted by Gasteiger charge is -2.45. The van der Waals surface area contributed by atoms with Crippen molar-refractivity contribution in [2.24, 2.45) is 11.8 Å².